The molecule has 0 aromatic carbocycles. The van der Waals surface area contributed by atoms with E-state index in [1.165, 1.54) is 10.9 Å². The smallest absolute Gasteiger partial charge is 0.392 e. The Morgan fingerprint density at radius 2 is 2.05 bits per heavy atom. The Morgan fingerprint density at radius 3 is 2.55 bits per heavy atom. The van der Waals surface area contributed by atoms with Crippen LogP contribution in [0.3, 0.4) is 0 Å². The summed E-state index contributed by atoms with van der Waals surface area (Å²) in [5.41, 5.74) is -1.14. The SMILES string of the molecule is CCCCC(CNCCC)Cn1cc(CO)c(C(F)(F)F)n1. The molecule has 0 aliphatic rings. The molecular weight excluding hydrogens is 295 g/mol. The molecule has 0 radical (unpaired) electrons. The van der Waals surface area contributed by atoms with Crippen molar-refractivity contribution in [3.05, 3.63) is 17.5 Å². The number of nitrogens with one attached hydrogen (secondary N) is 1. The number of alkyl halides is 3. The summed E-state index contributed by atoms with van der Waals surface area (Å²) in [7, 11) is 0. The zero-order valence-corrected chi connectivity index (χ0v) is 13.3. The predicted octanol–water partition coefficient (Wildman–Crippen LogP) is 3.20. The minimum atomic E-state index is -4.53. The normalized spacial score (nSPS) is 13.5. The van der Waals surface area contributed by atoms with Crippen LogP contribution in [-0.4, -0.2) is 28.0 Å². The summed E-state index contributed by atoms with van der Waals surface area (Å²) in [6, 6.07) is 0. The molecular formula is C15H26F3N3O. The molecule has 1 rings (SSSR count). The molecule has 128 valence electrons. The number of halogens is 3. The van der Waals surface area contributed by atoms with Gasteiger partial charge in [-0.2, -0.15) is 18.3 Å². The fourth-order valence-corrected chi connectivity index (χ4v) is 2.41. The largest absolute Gasteiger partial charge is 0.435 e. The van der Waals surface area contributed by atoms with Gasteiger partial charge in [0.25, 0.3) is 0 Å². The first-order valence-corrected chi connectivity index (χ1v) is 7.87. The van der Waals surface area contributed by atoms with Crippen LogP contribution < -0.4 is 5.32 Å². The van der Waals surface area contributed by atoms with Crippen LogP contribution in [0, 0.1) is 5.92 Å². The summed E-state index contributed by atoms with van der Waals surface area (Å²) in [4.78, 5) is 0. The third-order valence-electron chi connectivity index (χ3n) is 3.55. The van der Waals surface area contributed by atoms with Gasteiger partial charge in [0.15, 0.2) is 5.69 Å². The lowest BCUT2D eigenvalue weighted by atomic mass is 10.0. The molecule has 0 amide bonds. The Kier molecular flexibility index (Phi) is 7.89. The first kappa shape index (κ1) is 19.0. The van der Waals surface area contributed by atoms with Gasteiger partial charge < -0.3 is 10.4 Å². The number of aromatic nitrogens is 2. The van der Waals surface area contributed by atoms with Crippen molar-refractivity contribution >= 4 is 0 Å². The van der Waals surface area contributed by atoms with Crippen molar-refractivity contribution in [3.8, 4) is 0 Å². The van der Waals surface area contributed by atoms with E-state index in [2.05, 4.69) is 24.3 Å². The number of rotatable bonds is 10. The molecule has 22 heavy (non-hydrogen) atoms. The number of hydrogen-bond acceptors (Lipinski definition) is 3. The second kappa shape index (κ2) is 9.15. The van der Waals surface area contributed by atoms with E-state index in [0.717, 1.165) is 38.8 Å². The fraction of sp³-hybridized carbons (Fsp3) is 0.800. The van der Waals surface area contributed by atoms with E-state index in [9.17, 15) is 13.2 Å². The third-order valence-corrected chi connectivity index (χ3v) is 3.55. The molecule has 1 aromatic heterocycles. The molecule has 0 aliphatic carbocycles. The molecule has 0 saturated heterocycles. The van der Waals surface area contributed by atoms with Gasteiger partial charge in [0.2, 0.25) is 0 Å². The molecule has 1 unspecified atom stereocenters. The molecule has 0 bridgehead atoms. The number of aliphatic hydroxyl groups is 1. The van der Waals surface area contributed by atoms with E-state index in [0.29, 0.717) is 6.54 Å². The predicted molar refractivity (Wildman–Crippen MR) is 79.3 cm³/mol. The van der Waals surface area contributed by atoms with Crippen molar-refractivity contribution < 1.29 is 18.3 Å². The highest BCUT2D eigenvalue weighted by molar-refractivity contribution is 5.19. The third kappa shape index (κ3) is 5.96. The molecule has 4 nitrogen and oxygen atoms in total. The summed E-state index contributed by atoms with van der Waals surface area (Å²) >= 11 is 0. The second-order valence-electron chi connectivity index (χ2n) is 5.59. The van der Waals surface area contributed by atoms with E-state index >= 15 is 0 Å². The Bertz CT molecular complexity index is 432. The molecule has 1 aromatic rings. The van der Waals surface area contributed by atoms with Gasteiger partial charge in [-0.25, -0.2) is 0 Å². The van der Waals surface area contributed by atoms with Crippen molar-refractivity contribution in [2.75, 3.05) is 13.1 Å². The van der Waals surface area contributed by atoms with Crippen LogP contribution in [-0.2, 0) is 19.3 Å². The van der Waals surface area contributed by atoms with Crippen molar-refractivity contribution in [1.82, 2.24) is 15.1 Å². The van der Waals surface area contributed by atoms with Crippen LogP contribution in [0.4, 0.5) is 13.2 Å². The van der Waals surface area contributed by atoms with E-state index < -0.39 is 18.5 Å². The number of aliphatic hydroxyl groups excluding tert-OH is 1. The monoisotopic (exact) mass is 321 g/mol. The van der Waals surface area contributed by atoms with Crippen LogP contribution in [0.5, 0.6) is 0 Å². The first-order valence-electron chi connectivity index (χ1n) is 7.87. The standard InChI is InChI=1S/C15H26F3N3O/c1-3-5-6-12(8-19-7-4-2)9-21-10-13(11-22)14(20-21)15(16,17)18/h10,12,19,22H,3-9,11H2,1-2H3. The van der Waals surface area contributed by atoms with Gasteiger partial charge >= 0.3 is 6.18 Å². The number of unbranched alkanes of at least 4 members (excludes halogenated alkanes) is 1. The van der Waals surface area contributed by atoms with Crippen LogP contribution >= 0.6 is 0 Å². The minimum Gasteiger partial charge on any atom is -0.392 e. The van der Waals surface area contributed by atoms with Gasteiger partial charge in [0, 0.05) is 18.3 Å². The average Bonchev–Trinajstić information content (AvgIpc) is 2.88. The van der Waals surface area contributed by atoms with Crippen LogP contribution in [0.15, 0.2) is 6.20 Å². The van der Waals surface area contributed by atoms with Gasteiger partial charge in [-0.3, -0.25) is 4.68 Å². The second-order valence-corrected chi connectivity index (χ2v) is 5.59. The first-order chi connectivity index (χ1) is 10.4. The maximum Gasteiger partial charge on any atom is 0.435 e. The summed E-state index contributed by atoms with van der Waals surface area (Å²) in [6.45, 7) is 5.62. The Hall–Kier alpha value is -1.08. The van der Waals surface area contributed by atoms with E-state index in [1.807, 2.05) is 0 Å². The van der Waals surface area contributed by atoms with Crippen LogP contribution in [0.2, 0.25) is 0 Å². The van der Waals surface area contributed by atoms with Gasteiger partial charge in [0.05, 0.1) is 6.61 Å². The highest BCUT2D eigenvalue weighted by Crippen LogP contribution is 2.30. The van der Waals surface area contributed by atoms with E-state index in [4.69, 9.17) is 5.11 Å². The lowest BCUT2D eigenvalue weighted by molar-refractivity contribution is -0.142. The molecule has 2 N–H and O–H groups in total. The highest BCUT2D eigenvalue weighted by Gasteiger charge is 2.37. The minimum absolute atomic E-state index is 0.164. The van der Waals surface area contributed by atoms with Gasteiger partial charge in [-0.1, -0.05) is 26.7 Å². The van der Waals surface area contributed by atoms with Gasteiger partial charge in [-0.05, 0) is 31.8 Å². The summed E-state index contributed by atoms with van der Waals surface area (Å²) in [6.07, 6.45) is 0.847. The Balaban J connectivity index is 2.76. The molecule has 0 spiro atoms. The van der Waals surface area contributed by atoms with Crippen molar-refractivity contribution in [2.24, 2.45) is 5.92 Å². The van der Waals surface area contributed by atoms with Gasteiger partial charge in [0.1, 0.15) is 0 Å². The quantitative estimate of drug-likeness (QED) is 0.651. The summed E-state index contributed by atoms with van der Waals surface area (Å²) in [5, 5.41) is 16.0. The van der Waals surface area contributed by atoms with Crippen LogP contribution in [0.1, 0.15) is 50.8 Å². The summed E-state index contributed by atoms with van der Waals surface area (Å²) < 4.78 is 39.8. The van der Waals surface area contributed by atoms with Crippen molar-refractivity contribution in [2.45, 2.75) is 58.9 Å². The molecule has 0 aliphatic heterocycles. The molecule has 0 saturated carbocycles. The lowest BCUT2D eigenvalue weighted by Crippen LogP contribution is -2.27. The zero-order chi connectivity index (χ0) is 16.6. The molecule has 7 heteroatoms. The van der Waals surface area contributed by atoms with Crippen molar-refractivity contribution in [3.63, 3.8) is 0 Å². The lowest BCUT2D eigenvalue weighted by Gasteiger charge is -2.17. The Labute approximate surface area is 129 Å². The van der Waals surface area contributed by atoms with E-state index in [-0.39, 0.29) is 11.5 Å². The zero-order valence-electron chi connectivity index (χ0n) is 13.3. The van der Waals surface area contributed by atoms with Gasteiger partial charge in [-0.15, -0.1) is 0 Å². The average molecular weight is 321 g/mol. The molecule has 1 heterocycles. The highest BCUT2D eigenvalue weighted by atomic mass is 19.4. The maximum absolute atomic E-state index is 12.8. The molecule has 0 fully saturated rings. The number of hydrogen-bond donors (Lipinski definition) is 2. The fourth-order valence-electron chi connectivity index (χ4n) is 2.41. The number of nitrogens with zero attached hydrogens (tertiary/aromatic N) is 2. The van der Waals surface area contributed by atoms with Crippen molar-refractivity contribution in [1.29, 1.82) is 0 Å². The molecule has 1 atom stereocenters. The van der Waals surface area contributed by atoms with E-state index in [1.54, 1.807) is 0 Å². The summed E-state index contributed by atoms with van der Waals surface area (Å²) in [5.74, 6) is 0.235. The maximum atomic E-state index is 12.8. The van der Waals surface area contributed by atoms with Crippen LogP contribution in [0.25, 0.3) is 0 Å². The Morgan fingerprint density at radius 1 is 1.32 bits per heavy atom. The topological polar surface area (TPSA) is 50.1 Å².